The molecule has 3 fully saturated rings. The lowest BCUT2D eigenvalue weighted by Gasteiger charge is -2.40. The Labute approximate surface area is 171 Å². The van der Waals surface area contributed by atoms with E-state index in [1.165, 1.54) is 0 Å². The lowest BCUT2D eigenvalue weighted by atomic mass is 9.93. The van der Waals surface area contributed by atoms with Gasteiger partial charge in [0.25, 0.3) is 0 Å². The van der Waals surface area contributed by atoms with Gasteiger partial charge in [0.05, 0.1) is 11.9 Å². The SMILES string of the molecule is CC(C)S(=O)(=O)N1CCC2C1CCN2C1COC(c2cc(F)ccc2F)C(N)C1. The van der Waals surface area contributed by atoms with Gasteiger partial charge in [0, 0.05) is 42.8 Å². The van der Waals surface area contributed by atoms with Gasteiger partial charge in [0.15, 0.2) is 0 Å². The minimum Gasteiger partial charge on any atom is -0.370 e. The Morgan fingerprint density at radius 1 is 1.17 bits per heavy atom. The van der Waals surface area contributed by atoms with Crippen LogP contribution in [0.3, 0.4) is 0 Å². The van der Waals surface area contributed by atoms with E-state index in [-0.39, 0.29) is 23.7 Å². The number of nitrogens with zero attached hydrogens (tertiary/aromatic N) is 2. The third kappa shape index (κ3) is 3.72. The van der Waals surface area contributed by atoms with Crippen molar-refractivity contribution in [1.82, 2.24) is 9.21 Å². The lowest BCUT2D eigenvalue weighted by molar-refractivity contribution is -0.0545. The van der Waals surface area contributed by atoms with Crippen LogP contribution in [0.25, 0.3) is 0 Å². The van der Waals surface area contributed by atoms with E-state index >= 15 is 0 Å². The molecular formula is C20H29F2N3O3S. The number of benzene rings is 1. The molecule has 9 heteroatoms. The Kier molecular flexibility index (Phi) is 5.71. The zero-order valence-corrected chi connectivity index (χ0v) is 17.6. The van der Waals surface area contributed by atoms with Crippen molar-refractivity contribution in [2.45, 2.75) is 68.6 Å². The van der Waals surface area contributed by atoms with Crippen molar-refractivity contribution < 1.29 is 21.9 Å². The maximum Gasteiger partial charge on any atom is 0.216 e. The number of halogens is 2. The molecule has 3 saturated heterocycles. The molecule has 0 spiro atoms. The second kappa shape index (κ2) is 7.85. The van der Waals surface area contributed by atoms with Crippen LogP contribution in [0.4, 0.5) is 8.78 Å². The molecule has 29 heavy (non-hydrogen) atoms. The molecule has 0 amide bonds. The highest BCUT2D eigenvalue weighted by Gasteiger charge is 2.50. The van der Waals surface area contributed by atoms with Gasteiger partial charge in [-0.3, -0.25) is 4.90 Å². The van der Waals surface area contributed by atoms with Crippen molar-refractivity contribution in [1.29, 1.82) is 0 Å². The van der Waals surface area contributed by atoms with Crippen LogP contribution in [-0.2, 0) is 14.8 Å². The van der Waals surface area contributed by atoms with E-state index in [1.54, 1.807) is 18.2 Å². The monoisotopic (exact) mass is 429 g/mol. The fraction of sp³-hybridized carbons (Fsp3) is 0.700. The number of hydrogen-bond acceptors (Lipinski definition) is 5. The number of rotatable bonds is 4. The Morgan fingerprint density at radius 2 is 1.90 bits per heavy atom. The predicted molar refractivity (Wildman–Crippen MR) is 106 cm³/mol. The molecule has 0 aromatic heterocycles. The summed E-state index contributed by atoms with van der Waals surface area (Å²) in [6.07, 6.45) is 1.51. The average molecular weight is 430 g/mol. The highest BCUT2D eigenvalue weighted by Crippen LogP contribution is 2.39. The maximum absolute atomic E-state index is 14.1. The molecule has 3 aliphatic rings. The van der Waals surface area contributed by atoms with Crippen LogP contribution >= 0.6 is 0 Å². The molecule has 3 aliphatic heterocycles. The first-order valence-electron chi connectivity index (χ1n) is 10.3. The van der Waals surface area contributed by atoms with E-state index in [1.807, 2.05) is 0 Å². The molecule has 1 aromatic carbocycles. The molecule has 0 radical (unpaired) electrons. The molecule has 2 N–H and O–H groups in total. The van der Waals surface area contributed by atoms with Crippen molar-refractivity contribution in [3.8, 4) is 0 Å². The molecule has 5 unspecified atom stereocenters. The van der Waals surface area contributed by atoms with Crippen molar-refractivity contribution in [2.75, 3.05) is 19.7 Å². The normalized spacial score (nSPS) is 34.1. The minimum absolute atomic E-state index is 0.00277. The van der Waals surface area contributed by atoms with E-state index in [9.17, 15) is 17.2 Å². The van der Waals surface area contributed by atoms with Gasteiger partial charge in [-0.2, -0.15) is 4.31 Å². The van der Waals surface area contributed by atoms with E-state index in [2.05, 4.69) is 4.90 Å². The Bertz CT molecular complexity index is 867. The fourth-order valence-corrected chi connectivity index (χ4v) is 6.67. The van der Waals surface area contributed by atoms with Crippen molar-refractivity contribution in [3.05, 3.63) is 35.4 Å². The van der Waals surface area contributed by atoms with Gasteiger partial charge >= 0.3 is 0 Å². The van der Waals surface area contributed by atoms with Gasteiger partial charge in [-0.25, -0.2) is 17.2 Å². The quantitative estimate of drug-likeness (QED) is 0.793. The summed E-state index contributed by atoms with van der Waals surface area (Å²) in [4.78, 5) is 2.32. The van der Waals surface area contributed by atoms with Crippen LogP contribution in [0.1, 0.15) is 44.8 Å². The summed E-state index contributed by atoms with van der Waals surface area (Å²) in [6.45, 7) is 5.14. The third-order valence-electron chi connectivity index (χ3n) is 6.63. The number of hydrogen-bond donors (Lipinski definition) is 1. The fourth-order valence-electron chi connectivity index (χ4n) is 5.15. The van der Waals surface area contributed by atoms with Crippen LogP contribution in [0, 0.1) is 11.6 Å². The first-order valence-corrected chi connectivity index (χ1v) is 11.8. The molecule has 0 bridgehead atoms. The highest BCUT2D eigenvalue weighted by molar-refractivity contribution is 7.89. The maximum atomic E-state index is 14.1. The van der Waals surface area contributed by atoms with Gasteiger partial charge in [0.1, 0.15) is 17.7 Å². The van der Waals surface area contributed by atoms with Gasteiger partial charge in [0.2, 0.25) is 10.0 Å². The van der Waals surface area contributed by atoms with E-state index in [4.69, 9.17) is 10.5 Å². The first kappa shape index (κ1) is 21.1. The Hall–Kier alpha value is -1.13. The molecule has 0 aliphatic carbocycles. The summed E-state index contributed by atoms with van der Waals surface area (Å²) in [7, 11) is -3.28. The zero-order chi connectivity index (χ0) is 20.9. The summed E-state index contributed by atoms with van der Waals surface area (Å²) < 4.78 is 60.6. The van der Waals surface area contributed by atoms with E-state index in [0.717, 1.165) is 37.6 Å². The van der Waals surface area contributed by atoms with Crippen molar-refractivity contribution in [3.63, 3.8) is 0 Å². The van der Waals surface area contributed by atoms with Gasteiger partial charge < -0.3 is 10.5 Å². The molecule has 6 nitrogen and oxygen atoms in total. The van der Waals surface area contributed by atoms with Crippen LogP contribution in [0.2, 0.25) is 0 Å². The summed E-state index contributed by atoms with van der Waals surface area (Å²) in [5, 5.41) is -0.427. The van der Waals surface area contributed by atoms with Gasteiger partial charge in [-0.1, -0.05) is 0 Å². The van der Waals surface area contributed by atoms with Crippen LogP contribution in [0.15, 0.2) is 18.2 Å². The van der Waals surface area contributed by atoms with Crippen LogP contribution in [0.5, 0.6) is 0 Å². The summed E-state index contributed by atoms with van der Waals surface area (Å²) >= 11 is 0. The molecule has 0 saturated carbocycles. The molecule has 162 valence electrons. The summed E-state index contributed by atoms with van der Waals surface area (Å²) in [5.74, 6) is -1.03. The first-order chi connectivity index (χ1) is 13.7. The molecule has 3 heterocycles. The smallest absolute Gasteiger partial charge is 0.216 e. The summed E-state index contributed by atoms with van der Waals surface area (Å²) in [5.41, 5.74) is 6.47. The second-order valence-electron chi connectivity index (χ2n) is 8.63. The van der Waals surface area contributed by atoms with Gasteiger partial charge in [-0.05, 0) is 51.3 Å². The average Bonchev–Trinajstić information content (AvgIpc) is 3.25. The largest absolute Gasteiger partial charge is 0.370 e. The summed E-state index contributed by atoms with van der Waals surface area (Å²) in [6, 6.07) is 3.08. The van der Waals surface area contributed by atoms with Crippen LogP contribution in [-0.4, -0.2) is 66.7 Å². The number of sulfonamides is 1. The number of ether oxygens (including phenoxy) is 1. The van der Waals surface area contributed by atoms with E-state index in [0.29, 0.717) is 19.6 Å². The standard InChI is InChI=1S/C20H29F2N3O3S/c1-12(2)29(26,27)25-8-6-18-19(25)5-7-24(18)14-10-17(23)20(28-11-14)15-9-13(21)3-4-16(15)22/h3-4,9,12,14,17-20H,5-8,10-11,23H2,1-2H3. The minimum atomic E-state index is -3.28. The lowest BCUT2D eigenvalue weighted by Crippen LogP contribution is -2.51. The highest BCUT2D eigenvalue weighted by atomic mass is 32.2. The number of nitrogens with two attached hydrogens (primary N) is 1. The Balaban J connectivity index is 1.45. The Morgan fingerprint density at radius 3 is 2.59 bits per heavy atom. The van der Waals surface area contributed by atoms with E-state index < -0.39 is 39.1 Å². The molecule has 1 aromatic rings. The van der Waals surface area contributed by atoms with Gasteiger partial charge in [-0.15, -0.1) is 0 Å². The van der Waals surface area contributed by atoms with Crippen molar-refractivity contribution >= 4 is 10.0 Å². The molecule has 4 rings (SSSR count). The number of fused-ring (bicyclic) bond motifs is 1. The number of likely N-dealkylation sites (tertiary alicyclic amines) is 1. The topological polar surface area (TPSA) is 75.9 Å². The second-order valence-corrected chi connectivity index (χ2v) is 11.1. The molecular weight excluding hydrogens is 400 g/mol. The molecule has 5 atom stereocenters. The zero-order valence-electron chi connectivity index (χ0n) is 16.8. The van der Waals surface area contributed by atoms with Crippen LogP contribution < -0.4 is 5.73 Å². The predicted octanol–water partition coefficient (Wildman–Crippen LogP) is 2.01. The van der Waals surface area contributed by atoms with Crippen molar-refractivity contribution in [2.24, 2.45) is 5.73 Å². The third-order valence-corrected chi connectivity index (χ3v) is 8.92.